The Morgan fingerprint density at radius 3 is 2.56 bits per heavy atom. The van der Waals surface area contributed by atoms with Crippen molar-refractivity contribution in [3.8, 4) is 0 Å². The number of oxime groups is 1. The standard InChI is InChI=1S/C12H16N2O3S/c1-10-9-14(8-7-12(10)13-15)18(16,17)11-5-3-2-4-6-11/h2-6,10,15H,7-9H2,1H3/b13-12+. The lowest BCUT2D eigenvalue weighted by Crippen LogP contribution is -2.43. The molecule has 1 aliphatic rings. The van der Waals surface area contributed by atoms with Crippen LogP contribution >= 0.6 is 0 Å². The summed E-state index contributed by atoms with van der Waals surface area (Å²) >= 11 is 0. The normalized spacial score (nSPS) is 24.3. The minimum Gasteiger partial charge on any atom is -0.411 e. The lowest BCUT2D eigenvalue weighted by Gasteiger charge is -2.30. The Kier molecular flexibility index (Phi) is 3.68. The zero-order valence-electron chi connectivity index (χ0n) is 10.2. The summed E-state index contributed by atoms with van der Waals surface area (Å²) in [4.78, 5) is 0.307. The first-order chi connectivity index (χ1) is 8.55. The first-order valence-corrected chi connectivity index (χ1v) is 7.25. The highest BCUT2D eigenvalue weighted by atomic mass is 32.2. The van der Waals surface area contributed by atoms with Crippen molar-refractivity contribution in [1.82, 2.24) is 4.31 Å². The van der Waals surface area contributed by atoms with E-state index in [1.807, 2.05) is 6.92 Å². The molecule has 0 amide bonds. The van der Waals surface area contributed by atoms with E-state index in [2.05, 4.69) is 5.16 Å². The maximum atomic E-state index is 12.4. The van der Waals surface area contributed by atoms with Gasteiger partial charge < -0.3 is 5.21 Å². The van der Waals surface area contributed by atoms with Gasteiger partial charge in [-0.2, -0.15) is 4.31 Å². The highest BCUT2D eigenvalue weighted by molar-refractivity contribution is 7.89. The van der Waals surface area contributed by atoms with E-state index in [-0.39, 0.29) is 5.92 Å². The smallest absolute Gasteiger partial charge is 0.243 e. The summed E-state index contributed by atoms with van der Waals surface area (Å²) in [6, 6.07) is 8.39. The van der Waals surface area contributed by atoms with Gasteiger partial charge in [-0.15, -0.1) is 0 Å². The minimum atomic E-state index is -3.43. The van der Waals surface area contributed by atoms with Crippen molar-refractivity contribution >= 4 is 15.7 Å². The Bertz CT molecular complexity index is 540. The van der Waals surface area contributed by atoms with Gasteiger partial charge in [-0.3, -0.25) is 0 Å². The molecule has 1 saturated heterocycles. The van der Waals surface area contributed by atoms with Crippen molar-refractivity contribution in [1.29, 1.82) is 0 Å². The van der Waals surface area contributed by atoms with Crippen LogP contribution in [0.4, 0.5) is 0 Å². The molecule has 0 bridgehead atoms. The average Bonchev–Trinajstić information content (AvgIpc) is 2.39. The number of hydrogen-bond donors (Lipinski definition) is 1. The van der Waals surface area contributed by atoms with Crippen molar-refractivity contribution in [2.45, 2.75) is 18.2 Å². The van der Waals surface area contributed by atoms with Crippen LogP contribution in [0.15, 0.2) is 40.4 Å². The average molecular weight is 268 g/mol. The van der Waals surface area contributed by atoms with Gasteiger partial charge in [-0.25, -0.2) is 8.42 Å². The van der Waals surface area contributed by atoms with Crippen LogP contribution in [0.3, 0.4) is 0 Å². The monoisotopic (exact) mass is 268 g/mol. The second-order valence-corrected chi connectivity index (χ2v) is 6.36. The Balaban J connectivity index is 2.23. The van der Waals surface area contributed by atoms with E-state index in [1.165, 1.54) is 4.31 Å². The number of nitrogens with zero attached hydrogens (tertiary/aromatic N) is 2. The Labute approximate surface area is 107 Å². The van der Waals surface area contributed by atoms with E-state index < -0.39 is 10.0 Å². The molecular weight excluding hydrogens is 252 g/mol. The molecule has 1 heterocycles. The second-order valence-electron chi connectivity index (χ2n) is 4.42. The van der Waals surface area contributed by atoms with Gasteiger partial charge >= 0.3 is 0 Å². The predicted molar refractivity (Wildman–Crippen MR) is 68.2 cm³/mol. The van der Waals surface area contributed by atoms with Crippen molar-refractivity contribution < 1.29 is 13.6 Å². The summed E-state index contributed by atoms with van der Waals surface area (Å²) in [5, 5.41) is 12.0. The first-order valence-electron chi connectivity index (χ1n) is 5.81. The lowest BCUT2D eigenvalue weighted by atomic mass is 10.00. The minimum absolute atomic E-state index is 0.0535. The van der Waals surface area contributed by atoms with Crippen LogP contribution in [0, 0.1) is 5.92 Å². The molecule has 0 aromatic heterocycles. The van der Waals surface area contributed by atoms with Crippen molar-refractivity contribution in [2.75, 3.05) is 13.1 Å². The Morgan fingerprint density at radius 2 is 2.00 bits per heavy atom. The molecule has 5 nitrogen and oxygen atoms in total. The van der Waals surface area contributed by atoms with E-state index in [1.54, 1.807) is 30.3 Å². The highest BCUT2D eigenvalue weighted by Gasteiger charge is 2.31. The number of rotatable bonds is 2. The number of piperidine rings is 1. The summed E-state index contributed by atoms with van der Waals surface area (Å²) in [6.07, 6.45) is 0.476. The maximum absolute atomic E-state index is 12.4. The first kappa shape index (κ1) is 13.0. The fraction of sp³-hybridized carbons (Fsp3) is 0.417. The van der Waals surface area contributed by atoms with Crippen LogP contribution < -0.4 is 0 Å². The van der Waals surface area contributed by atoms with Gasteiger partial charge in [0.05, 0.1) is 10.6 Å². The second kappa shape index (κ2) is 5.07. The Hall–Kier alpha value is -1.40. The summed E-state index contributed by atoms with van der Waals surface area (Å²) in [6.45, 7) is 2.58. The molecule has 0 aliphatic carbocycles. The van der Waals surface area contributed by atoms with Gasteiger partial charge in [0.25, 0.3) is 0 Å². The predicted octanol–water partition coefficient (Wildman–Crippen LogP) is 1.55. The van der Waals surface area contributed by atoms with E-state index in [0.717, 1.165) is 0 Å². The number of hydrogen-bond acceptors (Lipinski definition) is 4. The SMILES string of the molecule is CC1CN(S(=O)(=O)c2ccccc2)CC/C1=N\O. The Morgan fingerprint density at radius 1 is 1.33 bits per heavy atom. The summed E-state index contributed by atoms with van der Waals surface area (Å²) in [7, 11) is -3.43. The molecule has 0 saturated carbocycles. The summed E-state index contributed by atoms with van der Waals surface area (Å²) < 4.78 is 26.1. The fourth-order valence-corrected chi connectivity index (χ4v) is 3.65. The van der Waals surface area contributed by atoms with Gasteiger partial charge in [0.15, 0.2) is 0 Å². The van der Waals surface area contributed by atoms with E-state index >= 15 is 0 Å². The largest absolute Gasteiger partial charge is 0.411 e. The molecule has 0 radical (unpaired) electrons. The van der Waals surface area contributed by atoms with Crippen LogP contribution in [-0.4, -0.2) is 36.7 Å². The van der Waals surface area contributed by atoms with Crippen LogP contribution in [0.1, 0.15) is 13.3 Å². The molecule has 1 fully saturated rings. The zero-order valence-corrected chi connectivity index (χ0v) is 11.0. The third-order valence-corrected chi connectivity index (χ3v) is 5.05. The lowest BCUT2D eigenvalue weighted by molar-refractivity contribution is 0.300. The third-order valence-electron chi connectivity index (χ3n) is 3.17. The molecule has 2 rings (SSSR count). The van der Waals surface area contributed by atoms with Crippen molar-refractivity contribution in [2.24, 2.45) is 11.1 Å². The molecule has 0 spiro atoms. The number of benzene rings is 1. The molecule has 1 aromatic carbocycles. The molecular formula is C12H16N2O3S. The molecule has 1 aliphatic heterocycles. The number of sulfonamides is 1. The zero-order chi connectivity index (χ0) is 13.2. The molecule has 1 atom stereocenters. The van der Waals surface area contributed by atoms with Crippen LogP contribution in [0.5, 0.6) is 0 Å². The maximum Gasteiger partial charge on any atom is 0.243 e. The van der Waals surface area contributed by atoms with Gasteiger partial charge in [-0.1, -0.05) is 30.3 Å². The molecule has 1 aromatic rings. The van der Waals surface area contributed by atoms with Gasteiger partial charge in [0.1, 0.15) is 0 Å². The van der Waals surface area contributed by atoms with E-state index in [0.29, 0.717) is 30.1 Å². The molecule has 6 heteroatoms. The van der Waals surface area contributed by atoms with Gasteiger partial charge in [-0.05, 0) is 12.1 Å². The third kappa shape index (κ3) is 2.39. The van der Waals surface area contributed by atoms with Crippen molar-refractivity contribution in [3.05, 3.63) is 30.3 Å². The van der Waals surface area contributed by atoms with Gasteiger partial charge in [0.2, 0.25) is 10.0 Å². The van der Waals surface area contributed by atoms with Gasteiger partial charge in [0, 0.05) is 25.4 Å². The van der Waals surface area contributed by atoms with E-state index in [9.17, 15) is 8.42 Å². The summed E-state index contributed by atoms with van der Waals surface area (Å²) in [5.74, 6) is -0.0535. The van der Waals surface area contributed by atoms with Crippen molar-refractivity contribution in [3.63, 3.8) is 0 Å². The topological polar surface area (TPSA) is 70.0 Å². The fourth-order valence-electron chi connectivity index (χ4n) is 2.10. The van der Waals surface area contributed by atoms with Crippen LogP contribution in [0.2, 0.25) is 0 Å². The summed E-state index contributed by atoms with van der Waals surface area (Å²) in [5.41, 5.74) is 0.662. The molecule has 1 N–H and O–H groups in total. The molecule has 1 unspecified atom stereocenters. The highest BCUT2D eigenvalue weighted by Crippen LogP contribution is 2.22. The molecule has 18 heavy (non-hydrogen) atoms. The van der Waals surface area contributed by atoms with Crippen LogP contribution in [0.25, 0.3) is 0 Å². The van der Waals surface area contributed by atoms with Crippen LogP contribution in [-0.2, 0) is 10.0 Å². The quantitative estimate of drug-likeness (QED) is 0.653. The molecule has 98 valence electrons. The van der Waals surface area contributed by atoms with E-state index in [4.69, 9.17) is 5.21 Å².